The van der Waals surface area contributed by atoms with E-state index in [0.29, 0.717) is 17.3 Å². The Bertz CT molecular complexity index is 516. The van der Waals surface area contributed by atoms with Crippen LogP contribution in [0, 0.1) is 5.82 Å². The summed E-state index contributed by atoms with van der Waals surface area (Å²) in [6.45, 7) is 7.81. The van der Waals surface area contributed by atoms with E-state index >= 15 is 0 Å². The van der Waals surface area contributed by atoms with Crippen molar-refractivity contribution >= 4 is 18.4 Å². The Morgan fingerprint density at radius 3 is 2.40 bits per heavy atom. The van der Waals surface area contributed by atoms with E-state index in [9.17, 15) is 4.39 Å². The molecule has 1 saturated carbocycles. The Morgan fingerprint density at radius 1 is 1.25 bits per heavy atom. The summed E-state index contributed by atoms with van der Waals surface area (Å²) in [6, 6.07) is 1.74. The number of nitrogens with zero attached hydrogens (tertiary/aromatic N) is 1. The molecule has 0 atom stereocenters. The Morgan fingerprint density at radius 2 is 1.85 bits per heavy atom. The zero-order valence-corrected chi connectivity index (χ0v) is 12.4. The van der Waals surface area contributed by atoms with Gasteiger partial charge in [-0.25, -0.2) is 9.37 Å². The normalized spacial score (nSPS) is 23.9. The molecule has 1 saturated heterocycles. The summed E-state index contributed by atoms with van der Waals surface area (Å²) in [4.78, 5) is 4.25. The fourth-order valence-electron chi connectivity index (χ4n) is 2.17. The number of aromatic nitrogens is 1. The number of hydrogen-bond donors (Lipinski definition) is 1. The summed E-state index contributed by atoms with van der Waals surface area (Å²) in [7, 11) is -0.727. The number of halogens is 1. The van der Waals surface area contributed by atoms with E-state index in [1.54, 1.807) is 0 Å². The SMILES string of the molecule is CC1(C)OB(c2c(F)ccnc2NC2CC2)OC1(C)C. The topological polar surface area (TPSA) is 43.4 Å². The molecule has 0 unspecified atom stereocenters. The van der Waals surface area contributed by atoms with Crippen molar-refractivity contribution < 1.29 is 13.7 Å². The van der Waals surface area contributed by atoms with Crippen LogP contribution in [0.5, 0.6) is 0 Å². The molecular formula is C14H20BFN2O2. The number of nitrogens with one attached hydrogen (secondary N) is 1. The third-order valence-corrected chi connectivity index (χ3v) is 4.34. The maximum absolute atomic E-state index is 14.2. The molecule has 0 radical (unpaired) electrons. The van der Waals surface area contributed by atoms with Gasteiger partial charge >= 0.3 is 7.12 Å². The summed E-state index contributed by atoms with van der Waals surface area (Å²) >= 11 is 0. The second-order valence-corrected chi connectivity index (χ2v) is 6.56. The van der Waals surface area contributed by atoms with E-state index in [1.165, 1.54) is 12.3 Å². The van der Waals surface area contributed by atoms with Gasteiger partial charge in [0.05, 0.1) is 16.7 Å². The Labute approximate surface area is 119 Å². The van der Waals surface area contributed by atoms with Gasteiger partial charge in [0.15, 0.2) is 0 Å². The minimum Gasteiger partial charge on any atom is -0.399 e. The molecule has 1 N–H and O–H groups in total. The van der Waals surface area contributed by atoms with Gasteiger partial charge in [-0.2, -0.15) is 0 Å². The smallest absolute Gasteiger partial charge is 0.399 e. The van der Waals surface area contributed by atoms with E-state index < -0.39 is 18.3 Å². The average molecular weight is 278 g/mol. The van der Waals surface area contributed by atoms with Crippen molar-refractivity contribution in [3.63, 3.8) is 0 Å². The highest BCUT2D eigenvalue weighted by atomic mass is 19.1. The van der Waals surface area contributed by atoms with Gasteiger partial charge in [0, 0.05) is 12.2 Å². The molecule has 4 nitrogen and oxygen atoms in total. The van der Waals surface area contributed by atoms with Gasteiger partial charge in [-0.05, 0) is 46.6 Å². The molecule has 1 aromatic rings. The summed E-state index contributed by atoms with van der Waals surface area (Å²) in [5, 5.41) is 3.25. The number of rotatable bonds is 3. The Kier molecular flexibility index (Phi) is 3.06. The van der Waals surface area contributed by atoms with Gasteiger partial charge in [0.2, 0.25) is 0 Å². The molecule has 1 aliphatic heterocycles. The summed E-state index contributed by atoms with van der Waals surface area (Å²) < 4.78 is 26.1. The number of pyridine rings is 1. The Hall–Kier alpha value is -1.14. The van der Waals surface area contributed by atoms with Crippen LogP contribution in [0.2, 0.25) is 0 Å². The van der Waals surface area contributed by atoms with Crippen LogP contribution >= 0.6 is 0 Å². The van der Waals surface area contributed by atoms with Gasteiger partial charge in [0.25, 0.3) is 0 Å². The summed E-state index contributed by atoms with van der Waals surface area (Å²) in [5.74, 6) is 0.188. The van der Waals surface area contributed by atoms with Gasteiger partial charge < -0.3 is 14.6 Å². The highest BCUT2D eigenvalue weighted by molar-refractivity contribution is 6.63. The molecule has 2 aliphatic rings. The van der Waals surface area contributed by atoms with E-state index in [2.05, 4.69) is 10.3 Å². The fraction of sp³-hybridized carbons (Fsp3) is 0.643. The molecule has 2 heterocycles. The van der Waals surface area contributed by atoms with Crippen LogP contribution in [0.25, 0.3) is 0 Å². The minimum absolute atomic E-state index is 0.346. The molecule has 0 aromatic carbocycles. The van der Waals surface area contributed by atoms with E-state index in [1.807, 2.05) is 27.7 Å². The summed E-state index contributed by atoms with van der Waals surface area (Å²) in [6.07, 6.45) is 3.66. The van der Waals surface area contributed by atoms with Crippen LogP contribution in [0.3, 0.4) is 0 Å². The van der Waals surface area contributed by atoms with Crippen LogP contribution in [0.4, 0.5) is 10.2 Å². The average Bonchev–Trinajstić information content (AvgIpc) is 3.07. The Balaban J connectivity index is 1.94. The standard InChI is InChI=1S/C14H20BFN2O2/c1-13(2)14(3,4)20-15(19-13)11-10(16)7-8-17-12(11)18-9-5-6-9/h7-9H,5-6H2,1-4H3,(H,17,18). The predicted molar refractivity (Wildman–Crippen MR) is 76.6 cm³/mol. The van der Waals surface area contributed by atoms with Crippen LogP contribution in [0.15, 0.2) is 12.3 Å². The molecule has 20 heavy (non-hydrogen) atoms. The molecule has 0 spiro atoms. The maximum atomic E-state index is 14.2. The highest BCUT2D eigenvalue weighted by Gasteiger charge is 2.53. The predicted octanol–water partition coefficient (Wildman–Crippen LogP) is 2.09. The van der Waals surface area contributed by atoms with E-state index in [0.717, 1.165) is 12.8 Å². The molecule has 3 rings (SSSR count). The van der Waals surface area contributed by atoms with Gasteiger partial charge in [-0.15, -0.1) is 0 Å². The van der Waals surface area contributed by atoms with Crippen molar-refractivity contribution in [3.05, 3.63) is 18.1 Å². The van der Waals surface area contributed by atoms with Gasteiger partial charge in [-0.3, -0.25) is 0 Å². The largest absolute Gasteiger partial charge is 0.501 e. The molecule has 0 bridgehead atoms. The lowest BCUT2D eigenvalue weighted by atomic mass is 9.78. The molecule has 6 heteroatoms. The molecule has 0 amide bonds. The first-order valence-corrected chi connectivity index (χ1v) is 7.07. The monoisotopic (exact) mass is 278 g/mol. The molecule has 1 aliphatic carbocycles. The lowest BCUT2D eigenvalue weighted by molar-refractivity contribution is 0.00578. The quantitative estimate of drug-likeness (QED) is 0.860. The first-order valence-electron chi connectivity index (χ1n) is 7.07. The van der Waals surface area contributed by atoms with Crippen molar-refractivity contribution in [3.8, 4) is 0 Å². The van der Waals surface area contributed by atoms with Gasteiger partial charge in [-0.1, -0.05) is 0 Å². The molecule has 2 fully saturated rings. The number of anilines is 1. The maximum Gasteiger partial charge on any atom is 0.501 e. The zero-order chi connectivity index (χ0) is 14.5. The highest BCUT2D eigenvalue weighted by Crippen LogP contribution is 2.37. The minimum atomic E-state index is -0.727. The third-order valence-electron chi connectivity index (χ3n) is 4.34. The van der Waals surface area contributed by atoms with Crippen molar-refractivity contribution in [2.45, 2.75) is 57.8 Å². The van der Waals surface area contributed by atoms with Crippen molar-refractivity contribution in [2.75, 3.05) is 5.32 Å². The van der Waals surface area contributed by atoms with Crippen molar-refractivity contribution in [1.29, 1.82) is 0 Å². The molecular weight excluding hydrogens is 258 g/mol. The second-order valence-electron chi connectivity index (χ2n) is 6.56. The number of hydrogen-bond acceptors (Lipinski definition) is 4. The fourth-order valence-corrected chi connectivity index (χ4v) is 2.17. The summed E-state index contributed by atoms with van der Waals surface area (Å²) in [5.41, 5.74) is -0.605. The van der Waals surface area contributed by atoms with Crippen LogP contribution in [0.1, 0.15) is 40.5 Å². The third kappa shape index (κ3) is 2.31. The molecule has 108 valence electrons. The van der Waals surface area contributed by atoms with Crippen LogP contribution < -0.4 is 10.8 Å². The molecule has 1 aromatic heterocycles. The van der Waals surface area contributed by atoms with Crippen molar-refractivity contribution in [1.82, 2.24) is 4.98 Å². The first kappa shape index (κ1) is 13.8. The van der Waals surface area contributed by atoms with E-state index in [4.69, 9.17) is 9.31 Å². The first-order chi connectivity index (χ1) is 9.30. The van der Waals surface area contributed by atoms with Crippen LogP contribution in [-0.2, 0) is 9.31 Å². The lowest BCUT2D eigenvalue weighted by Gasteiger charge is -2.32. The van der Waals surface area contributed by atoms with E-state index in [-0.39, 0.29) is 5.82 Å². The lowest BCUT2D eigenvalue weighted by Crippen LogP contribution is -2.41. The zero-order valence-electron chi connectivity index (χ0n) is 12.4. The van der Waals surface area contributed by atoms with Gasteiger partial charge in [0.1, 0.15) is 11.6 Å². The van der Waals surface area contributed by atoms with Crippen molar-refractivity contribution in [2.24, 2.45) is 0 Å². The second kappa shape index (κ2) is 4.43. The van der Waals surface area contributed by atoms with Crippen LogP contribution in [-0.4, -0.2) is 29.3 Å².